The molecule has 0 aromatic heterocycles. The predicted molar refractivity (Wildman–Crippen MR) is 104 cm³/mol. The molecule has 10 heteroatoms. The zero-order valence-corrected chi connectivity index (χ0v) is 17.0. The van der Waals surface area contributed by atoms with Crippen LogP contribution in [0, 0.1) is 0 Å². The second kappa shape index (κ2) is 10.8. The van der Waals surface area contributed by atoms with Gasteiger partial charge in [0, 0.05) is 24.6 Å². The van der Waals surface area contributed by atoms with E-state index in [9.17, 15) is 17.6 Å². The summed E-state index contributed by atoms with van der Waals surface area (Å²) < 4.78 is 66.1. The van der Waals surface area contributed by atoms with E-state index >= 15 is 0 Å². The Morgan fingerprint density at radius 3 is 2.03 bits per heavy atom. The Hall–Kier alpha value is -1.83. The molecule has 2 aromatic rings. The minimum absolute atomic E-state index is 0.0938. The molecule has 0 bridgehead atoms. The van der Waals surface area contributed by atoms with E-state index in [1.165, 1.54) is 24.3 Å². The lowest BCUT2D eigenvalue weighted by molar-refractivity contribution is -0.137. The topological polar surface area (TPSA) is 27.7 Å². The molecule has 0 unspecified atom stereocenters. The Labute approximate surface area is 179 Å². The first-order valence-corrected chi connectivity index (χ1v) is 9.36. The fraction of sp³-hybridized carbons (Fsp3) is 0.263. The lowest BCUT2D eigenvalue weighted by Crippen LogP contribution is -2.07. The summed E-state index contributed by atoms with van der Waals surface area (Å²) >= 11 is 17.3. The molecule has 29 heavy (non-hydrogen) atoms. The van der Waals surface area contributed by atoms with Crippen molar-refractivity contribution in [2.45, 2.75) is 12.6 Å². The molecule has 0 saturated heterocycles. The van der Waals surface area contributed by atoms with Gasteiger partial charge in [-0.1, -0.05) is 34.8 Å². The molecular formula is C19H15Cl3F4O3. The van der Waals surface area contributed by atoms with Gasteiger partial charge in [-0.15, -0.1) is 0 Å². The molecule has 158 valence electrons. The number of alkyl halides is 3. The number of rotatable bonds is 9. The van der Waals surface area contributed by atoms with E-state index in [4.69, 9.17) is 49.0 Å². The summed E-state index contributed by atoms with van der Waals surface area (Å²) in [7, 11) is 0. The summed E-state index contributed by atoms with van der Waals surface area (Å²) in [5, 5.41) is -0.487. The third-order valence-corrected chi connectivity index (χ3v) is 4.16. The van der Waals surface area contributed by atoms with Crippen molar-refractivity contribution in [3.8, 4) is 17.2 Å². The van der Waals surface area contributed by atoms with Crippen molar-refractivity contribution in [3.05, 3.63) is 63.4 Å². The molecule has 2 aromatic carbocycles. The summed E-state index contributed by atoms with van der Waals surface area (Å²) in [6, 6.07) is 7.32. The van der Waals surface area contributed by atoms with Gasteiger partial charge < -0.3 is 14.2 Å². The normalized spacial score (nSPS) is 12.0. The van der Waals surface area contributed by atoms with Crippen molar-refractivity contribution >= 4 is 34.8 Å². The highest BCUT2D eigenvalue weighted by atomic mass is 35.5. The zero-order valence-electron chi connectivity index (χ0n) is 14.7. The van der Waals surface area contributed by atoms with Gasteiger partial charge in [0.25, 0.3) is 0 Å². The monoisotopic (exact) mass is 472 g/mol. The quantitative estimate of drug-likeness (QED) is 0.283. The lowest BCUT2D eigenvalue weighted by Gasteiger charge is -2.13. The third kappa shape index (κ3) is 7.84. The molecule has 2 rings (SSSR count). The van der Waals surface area contributed by atoms with Gasteiger partial charge in [0.1, 0.15) is 18.1 Å². The van der Waals surface area contributed by atoms with Gasteiger partial charge in [0.2, 0.25) is 0 Å². The van der Waals surface area contributed by atoms with Crippen LogP contribution in [0.2, 0.25) is 10.0 Å². The van der Waals surface area contributed by atoms with E-state index in [1.807, 2.05) is 0 Å². The fourth-order valence-corrected chi connectivity index (χ4v) is 2.76. The predicted octanol–water partition coefficient (Wildman–Crippen LogP) is 7.29. The Morgan fingerprint density at radius 2 is 1.48 bits per heavy atom. The number of ether oxygens (including phenoxy) is 3. The highest BCUT2D eigenvalue weighted by Gasteiger charge is 2.30. The van der Waals surface area contributed by atoms with Crippen LogP contribution >= 0.6 is 34.8 Å². The van der Waals surface area contributed by atoms with Crippen molar-refractivity contribution in [2.75, 3.05) is 19.8 Å². The van der Waals surface area contributed by atoms with Crippen LogP contribution in [0.1, 0.15) is 12.0 Å². The smallest absolute Gasteiger partial charge is 0.416 e. The molecule has 0 amide bonds. The third-order valence-electron chi connectivity index (χ3n) is 3.44. The first-order chi connectivity index (χ1) is 13.7. The SMILES string of the molecule is F/C(Cl)=C/COc1cc(Cl)c(OCCCOc2ccc(C(F)(F)F)cc2)c(Cl)c1. The van der Waals surface area contributed by atoms with Gasteiger partial charge in [-0.05, 0) is 24.3 Å². The van der Waals surface area contributed by atoms with Gasteiger partial charge in [-0.25, -0.2) is 0 Å². The Balaban J connectivity index is 1.79. The van der Waals surface area contributed by atoms with Crippen molar-refractivity contribution in [3.63, 3.8) is 0 Å². The Bertz CT molecular complexity index is 813. The second-order valence-electron chi connectivity index (χ2n) is 5.59. The fourth-order valence-electron chi connectivity index (χ4n) is 2.12. The second-order valence-corrected chi connectivity index (χ2v) is 6.77. The molecule has 0 aliphatic heterocycles. The summed E-state index contributed by atoms with van der Waals surface area (Å²) in [5.41, 5.74) is -0.742. The van der Waals surface area contributed by atoms with Crippen LogP contribution in [0.3, 0.4) is 0 Å². The zero-order chi connectivity index (χ0) is 21.4. The molecule has 0 heterocycles. The van der Waals surface area contributed by atoms with Crippen molar-refractivity contribution < 1.29 is 31.8 Å². The van der Waals surface area contributed by atoms with Crippen molar-refractivity contribution in [1.29, 1.82) is 0 Å². The van der Waals surface area contributed by atoms with Crippen LogP contribution < -0.4 is 14.2 Å². The molecule has 0 fully saturated rings. The van der Waals surface area contributed by atoms with Gasteiger partial charge >= 0.3 is 6.18 Å². The molecule has 0 saturated carbocycles. The van der Waals surface area contributed by atoms with E-state index in [0.29, 0.717) is 17.9 Å². The average Bonchev–Trinajstić information content (AvgIpc) is 2.62. The van der Waals surface area contributed by atoms with Crippen molar-refractivity contribution in [2.24, 2.45) is 0 Å². The molecule has 0 radical (unpaired) electrons. The van der Waals surface area contributed by atoms with Gasteiger partial charge in [0.05, 0.1) is 28.8 Å². The Morgan fingerprint density at radius 1 is 0.897 bits per heavy atom. The standard InChI is InChI=1S/C19H15Cl3F4O3/c20-15-10-14(28-9-6-17(22)23)11-16(21)18(15)29-8-1-7-27-13-4-2-12(3-5-13)19(24,25)26/h2-6,10-11H,1,7-9H2/b17-6+. The maximum absolute atomic E-state index is 12.5. The molecule has 0 spiro atoms. The van der Waals surface area contributed by atoms with E-state index in [1.54, 1.807) is 0 Å². The van der Waals surface area contributed by atoms with Gasteiger partial charge in [-0.2, -0.15) is 17.6 Å². The lowest BCUT2D eigenvalue weighted by atomic mass is 10.2. The molecule has 3 nitrogen and oxygen atoms in total. The summed E-state index contributed by atoms with van der Waals surface area (Å²) in [6.07, 6.45) is -2.92. The minimum atomic E-state index is -4.39. The van der Waals surface area contributed by atoms with Crippen LogP contribution in [0.25, 0.3) is 0 Å². The molecular weight excluding hydrogens is 459 g/mol. The minimum Gasteiger partial charge on any atom is -0.493 e. The van der Waals surface area contributed by atoms with Crippen LogP contribution in [0.15, 0.2) is 47.8 Å². The van der Waals surface area contributed by atoms with E-state index in [2.05, 4.69) is 0 Å². The molecule has 0 aliphatic carbocycles. The highest BCUT2D eigenvalue weighted by molar-refractivity contribution is 6.37. The van der Waals surface area contributed by atoms with Crippen molar-refractivity contribution in [1.82, 2.24) is 0 Å². The maximum atomic E-state index is 12.5. The van der Waals surface area contributed by atoms with Crippen LogP contribution in [-0.2, 0) is 6.18 Å². The van der Waals surface area contributed by atoms with E-state index in [-0.39, 0.29) is 35.6 Å². The van der Waals surface area contributed by atoms with Crippen LogP contribution in [-0.4, -0.2) is 19.8 Å². The summed E-state index contributed by atoms with van der Waals surface area (Å²) in [5.74, 6) is 0.874. The Kier molecular flexibility index (Phi) is 8.74. The molecule has 0 N–H and O–H groups in total. The average molecular weight is 474 g/mol. The van der Waals surface area contributed by atoms with E-state index < -0.39 is 17.0 Å². The van der Waals surface area contributed by atoms with E-state index in [0.717, 1.165) is 18.2 Å². The number of hydrogen-bond acceptors (Lipinski definition) is 3. The van der Waals surface area contributed by atoms with Gasteiger partial charge in [-0.3, -0.25) is 0 Å². The van der Waals surface area contributed by atoms with Crippen LogP contribution in [0.5, 0.6) is 17.2 Å². The summed E-state index contributed by atoms with van der Waals surface area (Å²) in [4.78, 5) is 0. The van der Waals surface area contributed by atoms with Crippen LogP contribution in [0.4, 0.5) is 17.6 Å². The number of hydrogen-bond donors (Lipinski definition) is 0. The molecule has 0 atom stereocenters. The highest BCUT2D eigenvalue weighted by Crippen LogP contribution is 2.37. The largest absolute Gasteiger partial charge is 0.493 e. The first kappa shape index (κ1) is 23.4. The number of halogens is 7. The number of benzene rings is 2. The maximum Gasteiger partial charge on any atom is 0.416 e. The van der Waals surface area contributed by atoms with Gasteiger partial charge in [0.15, 0.2) is 11.0 Å². The molecule has 0 aliphatic rings. The summed E-state index contributed by atoms with van der Waals surface area (Å²) in [6.45, 7) is 0.335. The first-order valence-electron chi connectivity index (χ1n) is 8.22.